The summed E-state index contributed by atoms with van der Waals surface area (Å²) >= 11 is 0. The van der Waals surface area contributed by atoms with E-state index in [1.165, 1.54) is 5.56 Å². The van der Waals surface area contributed by atoms with Crippen LogP contribution in [-0.4, -0.2) is 10.5 Å². The van der Waals surface area contributed by atoms with E-state index in [0.29, 0.717) is 5.69 Å². The molecule has 0 spiro atoms. The molecule has 140 valence electrons. The number of aromatic nitrogens is 1. The van der Waals surface area contributed by atoms with Gasteiger partial charge in [-0.25, -0.2) is 0 Å². The molecule has 1 heterocycles. The normalized spacial score (nSPS) is 11.2. The lowest BCUT2D eigenvalue weighted by Gasteiger charge is -2.10. The molecule has 0 atom stereocenters. The number of anilines is 1. The Hall–Kier alpha value is -3.58. The molecule has 3 aromatic rings. The Morgan fingerprint density at radius 2 is 1.71 bits per heavy atom. The number of hydrogen-bond acceptors (Lipinski definition) is 2. The maximum atomic E-state index is 12.6. The first-order valence-electron chi connectivity index (χ1n) is 9.15. The lowest BCUT2D eigenvalue weighted by Crippen LogP contribution is -2.14. The van der Waals surface area contributed by atoms with E-state index in [1.807, 2.05) is 57.2 Å². The number of nitrogens with zero attached hydrogens (tertiary/aromatic N) is 2. The number of carbonyl (C=O) groups is 1. The number of carbonyl (C=O) groups excluding carboxylic acids is 1. The molecule has 1 aromatic heterocycles. The Morgan fingerprint density at radius 3 is 2.36 bits per heavy atom. The van der Waals surface area contributed by atoms with Crippen molar-refractivity contribution in [3.63, 3.8) is 0 Å². The van der Waals surface area contributed by atoms with E-state index in [1.54, 1.807) is 6.08 Å². The number of benzene rings is 2. The second kappa shape index (κ2) is 7.98. The van der Waals surface area contributed by atoms with Crippen LogP contribution in [0.25, 0.3) is 11.8 Å². The number of nitrogens with one attached hydrogen (secondary N) is 1. The molecule has 0 bridgehead atoms. The highest BCUT2D eigenvalue weighted by Gasteiger charge is 2.14. The summed E-state index contributed by atoms with van der Waals surface area (Å²) in [6.07, 6.45) is 1.65. The summed E-state index contributed by atoms with van der Waals surface area (Å²) in [5, 5.41) is 12.4. The average molecular weight is 369 g/mol. The van der Waals surface area contributed by atoms with Gasteiger partial charge < -0.3 is 9.88 Å². The predicted octanol–water partition coefficient (Wildman–Crippen LogP) is 5.26. The van der Waals surface area contributed by atoms with Gasteiger partial charge in [0.15, 0.2) is 0 Å². The third-order valence-corrected chi connectivity index (χ3v) is 4.82. The van der Waals surface area contributed by atoms with E-state index < -0.39 is 5.91 Å². The van der Waals surface area contributed by atoms with Gasteiger partial charge in [0, 0.05) is 22.8 Å². The van der Waals surface area contributed by atoms with E-state index in [0.717, 1.165) is 28.2 Å². The second-order valence-corrected chi connectivity index (χ2v) is 6.94. The molecule has 0 fully saturated rings. The topological polar surface area (TPSA) is 57.8 Å². The third kappa shape index (κ3) is 3.89. The number of para-hydroxylation sites is 1. The van der Waals surface area contributed by atoms with Crippen LogP contribution in [0.2, 0.25) is 0 Å². The average Bonchev–Trinajstić information content (AvgIpc) is 2.95. The Bertz CT molecular complexity index is 1100. The van der Waals surface area contributed by atoms with Gasteiger partial charge in [-0.15, -0.1) is 0 Å². The summed E-state index contributed by atoms with van der Waals surface area (Å²) < 4.78 is 2.12. The zero-order valence-corrected chi connectivity index (χ0v) is 16.6. The Morgan fingerprint density at radius 1 is 1.04 bits per heavy atom. The highest BCUT2D eigenvalue weighted by atomic mass is 16.1. The molecule has 3 rings (SSSR count). The fraction of sp³-hybridized carbons (Fsp3) is 0.167. The summed E-state index contributed by atoms with van der Waals surface area (Å²) in [6, 6.07) is 19.8. The highest BCUT2D eigenvalue weighted by Crippen LogP contribution is 2.23. The SMILES string of the molecule is Cc1ccc(-n2c(C)cc(/C=C(\C#N)C(=O)Nc3ccccc3C)c2C)cc1. The molecule has 0 saturated carbocycles. The fourth-order valence-corrected chi connectivity index (χ4v) is 3.23. The van der Waals surface area contributed by atoms with Gasteiger partial charge in [0.1, 0.15) is 11.6 Å². The Labute approximate surface area is 165 Å². The number of hydrogen-bond donors (Lipinski definition) is 1. The van der Waals surface area contributed by atoms with E-state index in [-0.39, 0.29) is 5.57 Å². The third-order valence-electron chi connectivity index (χ3n) is 4.82. The number of amides is 1. The molecule has 4 nitrogen and oxygen atoms in total. The van der Waals surface area contributed by atoms with Crippen molar-refractivity contribution >= 4 is 17.7 Å². The zero-order chi connectivity index (χ0) is 20.3. The van der Waals surface area contributed by atoms with Crippen LogP contribution >= 0.6 is 0 Å². The van der Waals surface area contributed by atoms with Gasteiger partial charge in [-0.1, -0.05) is 35.9 Å². The van der Waals surface area contributed by atoms with Gasteiger partial charge in [-0.05, 0) is 69.2 Å². The van der Waals surface area contributed by atoms with E-state index >= 15 is 0 Å². The van der Waals surface area contributed by atoms with Crippen molar-refractivity contribution in [2.45, 2.75) is 27.7 Å². The fourth-order valence-electron chi connectivity index (χ4n) is 3.23. The van der Waals surface area contributed by atoms with Crippen LogP contribution in [0.3, 0.4) is 0 Å². The molecule has 0 aliphatic carbocycles. The molecule has 0 aliphatic heterocycles. The van der Waals surface area contributed by atoms with Gasteiger partial charge in [0.05, 0.1) is 0 Å². The minimum Gasteiger partial charge on any atom is -0.321 e. The summed E-state index contributed by atoms with van der Waals surface area (Å²) in [7, 11) is 0. The minimum absolute atomic E-state index is 0.0763. The van der Waals surface area contributed by atoms with Crippen LogP contribution in [0, 0.1) is 39.0 Å². The first kappa shape index (κ1) is 19.2. The Kier molecular flexibility index (Phi) is 5.47. The van der Waals surface area contributed by atoms with Crippen molar-refractivity contribution in [3.8, 4) is 11.8 Å². The molecule has 4 heteroatoms. The van der Waals surface area contributed by atoms with E-state index in [4.69, 9.17) is 0 Å². The molecule has 0 aliphatic rings. The van der Waals surface area contributed by atoms with Crippen LogP contribution in [0.1, 0.15) is 28.1 Å². The molecule has 0 saturated heterocycles. The van der Waals surface area contributed by atoms with Crippen LogP contribution in [0.15, 0.2) is 60.2 Å². The second-order valence-electron chi connectivity index (χ2n) is 6.94. The van der Waals surface area contributed by atoms with Gasteiger partial charge >= 0.3 is 0 Å². The summed E-state index contributed by atoms with van der Waals surface area (Å²) in [4.78, 5) is 12.6. The summed E-state index contributed by atoms with van der Waals surface area (Å²) in [5.41, 5.74) is 6.88. The first-order valence-corrected chi connectivity index (χ1v) is 9.15. The predicted molar refractivity (Wildman–Crippen MR) is 113 cm³/mol. The van der Waals surface area contributed by atoms with Gasteiger partial charge in [-0.3, -0.25) is 4.79 Å². The van der Waals surface area contributed by atoms with Gasteiger partial charge in [-0.2, -0.15) is 5.26 Å². The van der Waals surface area contributed by atoms with Crippen LogP contribution < -0.4 is 5.32 Å². The molecule has 1 N–H and O–H groups in total. The van der Waals surface area contributed by atoms with Crippen molar-refractivity contribution in [1.82, 2.24) is 4.57 Å². The summed E-state index contributed by atoms with van der Waals surface area (Å²) in [5.74, 6) is -0.406. The van der Waals surface area contributed by atoms with Crippen molar-refractivity contribution in [3.05, 3.63) is 88.2 Å². The smallest absolute Gasteiger partial charge is 0.266 e. The standard InChI is InChI=1S/C24H23N3O/c1-16-9-11-22(12-10-16)27-18(3)13-20(19(27)4)14-21(15-25)24(28)26-23-8-6-5-7-17(23)2/h5-14H,1-4H3,(H,26,28)/b21-14+. The number of rotatable bonds is 4. The van der Waals surface area contributed by atoms with Crippen molar-refractivity contribution in [2.75, 3.05) is 5.32 Å². The molecule has 28 heavy (non-hydrogen) atoms. The quantitative estimate of drug-likeness (QED) is 0.504. The zero-order valence-electron chi connectivity index (χ0n) is 16.6. The van der Waals surface area contributed by atoms with E-state index in [2.05, 4.69) is 41.1 Å². The summed E-state index contributed by atoms with van der Waals surface area (Å²) in [6.45, 7) is 7.98. The van der Waals surface area contributed by atoms with E-state index in [9.17, 15) is 10.1 Å². The molecule has 1 amide bonds. The monoisotopic (exact) mass is 369 g/mol. The highest BCUT2D eigenvalue weighted by molar-refractivity contribution is 6.10. The van der Waals surface area contributed by atoms with Crippen molar-refractivity contribution in [1.29, 1.82) is 5.26 Å². The molecular weight excluding hydrogens is 346 g/mol. The minimum atomic E-state index is -0.406. The lowest BCUT2D eigenvalue weighted by atomic mass is 10.1. The molecule has 0 unspecified atom stereocenters. The maximum absolute atomic E-state index is 12.6. The van der Waals surface area contributed by atoms with Gasteiger partial charge in [0.2, 0.25) is 0 Å². The van der Waals surface area contributed by atoms with Gasteiger partial charge in [0.25, 0.3) is 5.91 Å². The molecular formula is C24H23N3O. The first-order chi connectivity index (χ1) is 13.4. The maximum Gasteiger partial charge on any atom is 0.266 e. The molecule has 0 radical (unpaired) electrons. The van der Waals surface area contributed by atoms with Crippen LogP contribution in [0.5, 0.6) is 0 Å². The van der Waals surface area contributed by atoms with Crippen LogP contribution in [0.4, 0.5) is 5.69 Å². The lowest BCUT2D eigenvalue weighted by molar-refractivity contribution is -0.112. The van der Waals surface area contributed by atoms with Crippen LogP contribution in [-0.2, 0) is 4.79 Å². The largest absolute Gasteiger partial charge is 0.321 e. The van der Waals surface area contributed by atoms with Crippen molar-refractivity contribution in [2.24, 2.45) is 0 Å². The number of nitriles is 1. The molecule has 2 aromatic carbocycles. The Balaban J connectivity index is 1.94. The van der Waals surface area contributed by atoms with Crippen molar-refractivity contribution < 1.29 is 4.79 Å². The number of aryl methyl sites for hydroxylation is 3.